The molecule has 6 heteroatoms. The van der Waals surface area contributed by atoms with Crippen molar-refractivity contribution in [3.63, 3.8) is 0 Å². The number of nitrogens with one attached hydrogen (secondary N) is 1. The normalized spacial score (nSPS) is 10.5. The lowest BCUT2D eigenvalue weighted by atomic mass is 10.2. The van der Waals surface area contributed by atoms with E-state index in [1.165, 1.54) is 6.21 Å². The molecule has 2 rings (SSSR count). The molecule has 22 heavy (non-hydrogen) atoms. The van der Waals surface area contributed by atoms with Crippen LogP contribution >= 0.6 is 0 Å². The molecule has 2 aromatic carbocycles. The van der Waals surface area contributed by atoms with E-state index < -0.39 is 0 Å². The van der Waals surface area contributed by atoms with E-state index >= 15 is 0 Å². The van der Waals surface area contributed by atoms with Crippen LogP contribution in [-0.4, -0.2) is 26.3 Å². The Balaban J connectivity index is 2.10. The third kappa shape index (κ3) is 3.54. The molecule has 0 unspecified atom stereocenters. The molecule has 0 saturated carbocycles. The van der Waals surface area contributed by atoms with Crippen LogP contribution in [0.15, 0.2) is 47.6 Å². The van der Waals surface area contributed by atoms with Crippen LogP contribution in [0, 0.1) is 0 Å². The Morgan fingerprint density at radius 3 is 2.64 bits per heavy atom. The van der Waals surface area contributed by atoms with Gasteiger partial charge in [-0.3, -0.25) is 4.79 Å². The fourth-order valence-corrected chi connectivity index (χ4v) is 1.85. The second kappa shape index (κ2) is 7.12. The molecule has 0 saturated heterocycles. The van der Waals surface area contributed by atoms with Crippen molar-refractivity contribution in [3.05, 3.63) is 53.6 Å². The van der Waals surface area contributed by atoms with Gasteiger partial charge in [-0.15, -0.1) is 0 Å². The van der Waals surface area contributed by atoms with Gasteiger partial charge in [0.25, 0.3) is 5.91 Å². The van der Waals surface area contributed by atoms with Gasteiger partial charge < -0.3 is 15.2 Å². The van der Waals surface area contributed by atoms with Crippen molar-refractivity contribution in [1.29, 1.82) is 0 Å². The van der Waals surface area contributed by atoms with E-state index in [1.54, 1.807) is 56.7 Å². The summed E-state index contributed by atoms with van der Waals surface area (Å²) in [4.78, 5) is 12.0. The average Bonchev–Trinajstić information content (AvgIpc) is 2.55. The summed E-state index contributed by atoms with van der Waals surface area (Å²) in [5, 5.41) is 3.92. The number of ether oxygens (including phenoxy) is 2. The molecule has 0 aromatic heterocycles. The minimum absolute atomic E-state index is 0.373. The Bertz CT molecular complexity index is 699. The quantitative estimate of drug-likeness (QED) is 0.502. The van der Waals surface area contributed by atoms with E-state index in [1.807, 2.05) is 0 Å². The van der Waals surface area contributed by atoms with Crippen molar-refractivity contribution < 1.29 is 14.3 Å². The van der Waals surface area contributed by atoms with E-state index in [0.29, 0.717) is 28.3 Å². The number of nitrogen functional groups attached to an aromatic ring is 1. The Morgan fingerprint density at radius 2 is 1.95 bits per heavy atom. The summed E-state index contributed by atoms with van der Waals surface area (Å²) in [6.45, 7) is 0. The van der Waals surface area contributed by atoms with E-state index in [-0.39, 0.29) is 5.91 Å². The summed E-state index contributed by atoms with van der Waals surface area (Å²) in [7, 11) is 3.13. The zero-order valence-corrected chi connectivity index (χ0v) is 12.4. The van der Waals surface area contributed by atoms with Crippen LogP contribution in [-0.2, 0) is 0 Å². The molecular formula is C16H17N3O3. The SMILES string of the molecule is COc1ccc(/C=N/NC(=O)c2ccccc2N)c(OC)c1. The smallest absolute Gasteiger partial charge is 0.273 e. The largest absolute Gasteiger partial charge is 0.497 e. The van der Waals surface area contributed by atoms with Gasteiger partial charge in [-0.05, 0) is 24.3 Å². The summed E-state index contributed by atoms with van der Waals surface area (Å²) >= 11 is 0. The number of amides is 1. The topological polar surface area (TPSA) is 85.9 Å². The van der Waals surface area contributed by atoms with Gasteiger partial charge in [0, 0.05) is 17.3 Å². The number of hydrogen-bond donors (Lipinski definition) is 2. The Morgan fingerprint density at radius 1 is 1.18 bits per heavy atom. The Labute approximate surface area is 128 Å². The zero-order chi connectivity index (χ0) is 15.9. The molecule has 0 atom stereocenters. The molecule has 0 bridgehead atoms. The summed E-state index contributed by atoms with van der Waals surface area (Å²) < 4.78 is 10.4. The summed E-state index contributed by atoms with van der Waals surface area (Å²) in [5.41, 5.74) is 9.66. The molecule has 114 valence electrons. The minimum atomic E-state index is -0.373. The third-order valence-corrected chi connectivity index (χ3v) is 3.02. The molecule has 1 amide bonds. The highest BCUT2D eigenvalue weighted by atomic mass is 16.5. The van der Waals surface area contributed by atoms with Crippen LogP contribution in [0.25, 0.3) is 0 Å². The van der Waals surface area contributed by atoms with Crippen LogP contribution < -0.4 is 20.6 Å². The van der Waals surface area contributed by atoms with Crippen molar-refractivity contribution >= 4 is 17.8 Å². The average molecular weight is 299 g/mol. The van der Waals surface area contributed by atoms with Gasteiger partial charge in [-0.1, -0.05) is 12.1 Å². The van der Waals surface area contributed by atoms with E-state index in [4.69, 9.17) is 15.2 Å². The lowest BCUT2D eigenvalue weighted by Gasteiger charge is -2.07. The van der Waals surface area contributed by atoms with Crippen molar-refractivity contribution in [2.75, 3.05) is 20.0 Å². The Hall–Kier alpha value is -3.02. The van der Waals surface area contributed by atoms with Crippen LogP contribution in [0.4, 0.5) is 5.69 Å². The maximum atomic E-state index is 12.0. The summed E-state index contributed by atoms with van der Waals surface area (Å²) in [6.07, 6.45) is 1.50. The van der Waals surface area contributed by atoms with Crippen LogP contribution in [0.3, 0.4) is 0 Å². The highest BCUT2D eigenvalue weighted by Gasteiger charge is 2.07. The number of rotatable bonds is 5. The van der Waals surface area contributed by atoms with Crippen molar-refractivity contribution in [1.82, 2.24) is 5.43 Å². The highest BCUT2D eigenvalue weighted by molar-refractivity contribution is 5.99. The van der Waals surface area contributed by atoms with Crippen LogP contribution in [0.2, 0.25) is 0 Å². The molecule has 2 aromatic rings. The maximum absolute atomic E-state index is 12.0. The number of hydrazone groups is 1. The number of nitrogens with zero attached hydrogens (tertiary/aromatic N) is 1. The number of methoxy groups -OCH3 is 2. The van der Waals surface area contributed by atoms with Gasteiger partial charge in [0.05, 0.1) is 26.0 Å². The molecule has 0 aliphatic carbocycles. The molecule has 0 fully saturated rings. The van der Waals surface area contributed by atoms with E-state index in [9.17, 15) is 4.79 Å². The van der Waals surface area contributed by atoms with Gasteiger partial charge in [0.15, 0.2) is 0 Å². The van der Waals surface area contributed by atoms with E-state index in [2.05, 4.69) is 10.5 Å². The number of carbonyl (C=O) groups excluding carboxylic acids is 1. The fourth-order valence-electron chi connectivity index (χ4n) is 1.85. The molecule has 3 N–H and O–H groups in total. The molecule has 0 spiro atoms. The number of para-hydroxylation sites is 1. The zero-order valence-electron chi connectivity index (χ0n) is 12.4. The Kier molecular flexibility index (Phi) is 4.98. The highest BCUT2D eigenvalue weighted by Crippen LogP contribution is 2.23. The molecule has 0 aliphatic rings. The lowest BCUT2D eigenvalue weighted by molar-refractivity contribution is 0.0956. The first-order chi connectivity index (χ1) is 10.7. The molecule has 6 nitrogen and oxygen atoms in total. The van der Waals surface area contributed by atoms with Crippen molar-refractivity contribution in [3.8, 4) is 11.5 Å². The second-order valence-corrected chi connectivity index (χ2v) is 4.39. The first-order valence-corrected chi connectivity index (χ1v) is 6.55. The number of anilines is 1. The van der Waals surface area contributed by atoms with Gasteiger partial charge in [0.2, 0.25) is 0 Å². The molecular weight excluding hydrogens is 282 g/mol. The third-order valence-electron chi connectivity index (χ3n) is 3.02. The van der Waals surface area contributed by atoms with Crippen LogP contribution in [0.1, 0.15) is 15.9 Å². The standard InChI is InChI=1S/C16H17N3O3/c1-21-12-8-7-11(15(9-12)22-2)10-18-19-16(20)13-5-3-4-6-14(13)17/h3-10H,17H2,1-2H3,(H,19,20)/b18-10+. The first kappa shape index (κ1) is 15.4. The second-order valence-electron chi connectivity index (χ2n) is 4.39. The number of benzene rings is 2. The molecule has 0 radical (unpaired) electrons. The molecule has 0 aliphatic heterocycles. The summed E-state index contributed by atoms with van der Waals surface area (Å²) in [6, 6.07) is 12.1. The van der Waals surface area contributed by atoms with Gasteiger partial charge >= 0.3 is 0 Å². The van der Waals surface area contributed by atoms with Gasteiger partial charge in [0.1, 0.15) is 11.5 Å². The predicted molar refractivity (Wildman–Crippen MR) is 85.5 cm³/mol. The number of hydrogen-bond acceptors (Lipinski definition) is 5. The fraction of sp³-hybridized carbons (Fsp3) is 0.125. The van der Waals surface area contributed by atoms with Crippen molar-refractivity contribution in [2.24, 2.45) is 5.10 Å². The maximum Gasteiger partial charge on any atom is 0.273 e. The monoisotopic (exact) mass is 299 g/mol. The predicted octanol–water partition coefficient (Wildman–Crippen LogP) is 2.05. The number of nitrogens with two attached hydrogens (primary N) is 1. The number of carbonyl (C=O) groups is 1. The van der Waals surface area contributed by atoms with Gasteiger partial charge in [-0.25, -0.2) is 5.43 Å². The van der Waals surface area contributed by atoms with E-state index in [0.717, 1.165) is 0 Å². The summed E-state index contributed by atoms with van der Waals surface area (Å²) in [5.74, 6) is 0.897. The van der Waals surface area contributed by atoms with Crippen LogP contribution in [0.5, 0.6) is 11.5 Å². The lowest BCUT2D eigenvalue weighted by Crippen LogP contribution is -2.19. The molecule has 0 heterocycles. The van der Waals surface area contributed by atoms with Gasteiger partial charge in [-0.2, -0.15) is 5.10 Å². The minimum Gasteiger partial charge on any atom is -0.497 e. The first-order valence-electron chi connectivity index (χ1n) is 6.55. The van der Waals surface area contributed by atoms with Crippen molar-refractivity contribution in [2.45, 2.75) is 0 Å².